The second-order valence-corrected chi connectivity index (χ2v) is 6.98. The summed E-state index contributed by atoms with van der Waals surface area (Å²) in [4.78, 5) is 23.4. The van der Waals surface area contributed by atoms with Crippen LogP contribution in [0.15, 0.2) is 24.3 Å². The van der Waals surface area contributed by atoms with Crippen LogP contribution in [0.4, 0.5) is 14.6 Å². The first-order valence-electron chi connectivity index (χ1n) is 9.07. The molecule has 1 aromatic carbocycles. The summed E-state index contributed by atoms with van der Waals surface area (Å²) in [5, 5.41) is 2.96. The maximum absolute atomic E-state index is 13.1. The van der Waals surface area contributed by atoms with Gasteiger partial charge in [0.25, 0.3) is 5.91 Å². The fraction of sp³-hybridized carbons (Fsp3) is 0.421. The number of fused-ring (bicyclic) bond motifs is 1. The molecule has 3 heterocycles. The van der Waals surface area contributed by atoms with Crippen LogP contribution >= 0.6 is 0 Å². The lowest BCUT2D eigenvalue weighted by molar-refractivity contribution is -0.286. The van der Waals surface area contributed by atoms with Gasteiger partial charge < -0.3 is 19.7 Å². The lowest BCUT2D eigenvalue weighted by Crippen LogP contribution is -2.45. The Hall–Kier alpha value is -2.97. The summed E-state index contributed by atoms with van der Waals surface area (Å²) in [6.07, 6.45) is -2.17. The van der Waals surface area contributed by atoms with E-state index in [2.05, 4.69) is 29.7 Å². The predicted octanol–water partition coefficient (Wildman–Crippen LogP) is 2.81. The molecular formula is C19H20F2N4O3. The zero-order valence-corrected chi connectivity index (χ0v) is 15.5. The quantitative estimate of drug-likeness (QED) is 0.869. The number of halogens is 2. The van der Waals surface area contributed by atoms with E-state index in [9.17, 15) is 13.6 Å². The molecule has 148 valence electrons. The monoisotopic (exact) mass is 390 g/mol. The Bertz CT molecular complexity index is 894. The molecule has 0 spiro atoms. The lowest BCUT2D eigenvalue weighted by Gasteiger charge is -2.33. The van der Waals surface area contributed by atoms with Crippen LogP contribution in [-0.4, -0.2) is 41.3 Å². The Morgan fingerprint density at radius 3 is 2.57 bits per heavy atom. The minimum atomic E-state index is -3.69. The van der Waals surface area contributed by atoms with Crippen molar-refractivity contribution in [3.63, 3.8) is 0 Å². The van der Waals surface area contributed by atoms with Crippen LogP contribution < -0.4 is 19.7 Å². The molecular weight excluding hydrogens is 370 g/mol. The molecule has 0 unspecified atom stereocenters. The van der Waals surface area contributed by atoms with Crippen LogP contribution in [0.3, 0.4) is 0 Å². The number of carbonyl (C=O) groups is 1. The third kappa shape index (κ3) is 3.83. The number of rotatable bonds is 3. The highest BCUT2D eigenvalue weighted by atomic mass is 19.3. The minimum absolute atomic E-state index is 0.000329. The van der Waals surface area contributed by atoms with Gasteiger partial charge in [-0.05, 0) is 44.9 Å². The van der Waals surface area contributed by atoms with E-state index in [1.54, 1.807) is 0 Å². The molecule has 0 aliphatic carbocycles. The molecule has 1 aromatic heterocycles. The van der Waals surface area contributed by atoms with Crippen molar-refractivity contribution in [3.8, 4) is 11.5 Å². The summed E-state index contributed by atoms with van der Waals surface area (Å²) in [5.41, 5.74) is 1.18. The van der Waals surface area contributed by atoms with Gasteiger partial charge in [-0.25, -0.2) is 9.97 Å². The van der Waals surface area contributed by atoms with Crippen LogP contribution in [0, 0.1) is 13.8 Å². The second kappa shape index (κ2) is 6.88. The maximum atomic E-state index is 13.1. The first-order chi connectivity index (χ1) is 13.3. The van der Waals surface area contributed by atoms with Gasteiger partial charge in [-0.1, -0.05) is 0 Å². The van der Waals surface area contributed by atoms with Crippen molar-refractivity contribution in [2.24, 2.45) is 0 Å². The van der Waals surface area contributed by atoms with Crippen LogP contribution in [0.25, 0.3) is 0 Å². The summed E-state index contributed by atoms with van der Waals surface area (Å²) in [6.45, 7) is 5.32. The van der Waals surface area contributed by atoms with Crippen LogP contribution in [-0.2, 0) is 0 Å². The second-order valence-electron chi connectivity index (χ2n) is 6.98. The molecule has 0 atom stereocenters. The van der Waals surface area contributed by atoms with Gasteiger partial charge in [0, 0.05) is 36.5 Å². The van der Waals surface area contributed by atoms with Crippen molar-refractivity contribution in [1.82, 2.24) is 15.3 Å². The summed E-state index contributed by atoms with van der Waals surface area (Å²) in [7, 11) is 0. The molecule has 9 heteroatoms. The van der Waals surface area contributed by atoms with Crippen LogP contribution in [0.1, 0.15) is 34.7 Å². The molecule has 0 radical (unpaired) electrons. The third-order valence-electron chi connectivity index (χ3n) is 4.77. The van der Waals surface area contributed by atoms with Crippen molar-refractivity contribution in [2.75, 3.05) is 18.0 Å². The Balaban J connectivity index is 1.36. The number of carbonyl (C=O) groups excluding carboxylic acids is 1. The molecule has 1 fully saturated rings. The molecule has 0 saturated carbocycles. The van der Waals surface area contributed by atoms with Gasteiger partial charge in [0.2, 0.25) is 0 Å². The van der Waals surface area contributed by atoms with Gasteiger partial charge in [-0.3, -0.25) is 4.79 Å². The summed E-state index contributed by atoms with van der Waals surface area (Å²) in [5.74, 6) is 1.09. The van der Waals surface area contributed by atoms with Gasteiger partial charge in [-0.15, -0.1) is 8.78 Å². The van der Waals surface area contributed by atoms with Gasteiger partial charge in [0.05, 0.1) is 0 Å². The SMILES string of the molecule is Cc1cc(N2CCC(NC(=O)c3ccc4c(c3)OC(F)(F)O4)CC2)nc(C)n1. The number of hydrogen-bond donors (Lipinski definition) is 1. The van der Waals surface area contributed by atoms with Crippen molar-refractivity contribution >= 4 is 11.7 Å². The largest absolute Gasteiger partial charge is 0.586 e. The molecule has 7 nitrogen and oxygen atoms in total. The Morgan fingerprint density at radius 2 is 1.86 bits per heavy atom. The smallest absolute Gasteiger partial charge is 0.395 e. The highest BCUT2D eigenvalue weighted by molar-refractivity contribution is 5.95. The van der Waals surface area contributed by atoms with Crippen molar-refractivity contribution in [2.45, 2.75) is 39.0 Å². The topological polar surface area (TPSA) is 76.6 Å². The van der Waals surface area contributed by atoms with E-state index >= 15 is 0 Å². The van der Waals surface area contributed by atoms with Crippen LogP contribution in [0.5, 0.6) is 11.5 Å². The average Bonchev–Trinajstić information content (AvgIpc) is 2.94. The van der Waals surface area contributed by atoms with E-state index in [0.29, 0.717) is 0 Å². The fourth-order valence-corrected chi connectivity index (χ4v) is 3.47. The standard InChI is InChI=1S/C19H20F2N4O3/c1-11-9-17(23-12(2)22-11)25-7-5-14(6-8-25)24-18(26)13-3-4-15-16(10-13)28-19(20,21)27-15/h3-4,9-10,14H,5-8H2,1-2H3,(H,24,26). The molecule has 4 rings (SSSR count). The molecule has 1 N–H and O–H groups in total. The number of hydrogen-bond acceptors (Lipinski definition) is 6. The van der Waals surface area contributed by atoms with Crippen molar-refractivity contribution < 1.29 is 23.0 Å². The molecule has 0 bridgehead atoms. The van der Waals surface area contributed by atoms with Crippen molar-refractivity contribution in [3.05, 3.63) is 41.3 Å². The number of nitrogens with one attached hydrogen (secondary N) is 1. The lowest BCUT2D eigenvalue weighted by atomic mass is 10.0. The van der Waals surface area contributed by atoms with Crippen LogP contribution in [0.2, 0.25) is 0 Å². The van der Waals surface area contributed by atoms with Gasteiger partial charge in [0.1, 0.15) is 11.6 Å². The van der Waals surface area contributed by atoms with Gasteiger partial charge >= 0.3 is 6.29 Å². The minimum Gasteiger partial charge on any atom is -0.395 e. The number of aromatic nitrogens is 2. The molecule has 1 saturated heterocycles. The van der Waals surface area contributed by atoms with E-state index in [1.165, 1.54) is 18.2 Å². The van der Waals surface area contributed by atoms with E-state index in [-0.39, 0.29) is 29.0 Å². The molecule has 2 aromatic rings. The van der Waals surface area contributed by atoms with Gasteiger partial charge in [-0.2, -0.15) is 0 Å². The number of benzene rings is 1. The average molecular weight is 390 g/mol. The number of amides is 1. The summed E-state index contributed by atoms with van der Waals surface area (Å²) >= 11 is 0. The fourth-order valence-electron chi connectivity index (χ4n) is 3.47. The van der Waals surface area contributed by atoms with E-state index in [1.807, 2.05) is 19.9 Å². The Labute approximate surface area is 160 Å². The van der Waals surface area contributed by atoms with E-state index in [4.69, 9.17) is 0 Å². The molecule has 28 heavy (non-hydrogen) atoms. The van der Waals surface area contributed by atoms with E-state index < -0.39 is 6.29 Å². The van der Waals surface area contributed by atoms with Crippen molar-refractivity contribution in [1.29, 1.82) is 0 Å². The zero-order chi connectivity index (χ0) is 19.9. The third-order valence-corrected chi connectivity index (χ3v) is 4.77. The zero-order valence-electron chi connectivity index (χ0n) is 15.5. The summed E-state index contributed by atoms with van der Waals surface area (Å²) < 4.78 is 35.0. The first kappa shape index (κ1) is 18.4. The number of aryl methyl sites for hydroxylation is 2. The number of ether oxygens (including phenoxy) is 2. The van der Waals surface area contributed by atoms with Gasteiger partial charge in [0.15, 0.2) is 11.5 Å². The normalized spacial score (nSPS) is 18.2. The van der Waals surface area contributed by atoms with E-state index in [0.717, 1.165) is 43.3 Å². The maximum Gasteiger partial charge on any atom is 0.586 e. The molecule has 2 aliphatic heterocycles. The molecule has 2 aliphatic rings. The number of anilines is 1. The Kier molecular flexibility index (Phi) is 4.52. The number of alkyl halides is 2. The molecule has 1 amide bonds. The predicted molar refractivity (Wildman–Crippen MR) is 96.9 cm³/mol. The first-order valence-corrected chi connectivity index (χ1v) is 9.07. The highest BCUT2D eigenvalue weighted by Gasteiger charge is 2.43. The highest BCUT2D eigenvalue weighted by Crippen LogP contribution is 2.41. The number of nitrogens with zero attached hydrogens (tertiary/aromatic N) is 3. The Morgan fingerprint density at radius 1 is 1.14 bits per heavy atom. The number of piperidine rings is 1. The summed E-state index contributed by atoms with van der Waals surface area (Å²) in [6, 6.07) is 5.98.